The molecule has 0 saturated carbocycles. The maximum atomic E-state index is 11.8. The highest BCUT2D eigenvalue weighted by Crippen LogP contribution is 2.19. The van der Waals surface area contributed by atoms with Gasteiger partial charge >= 0.3 is 0 Å². The highest BCUT2D eigenvalue weighted by atomic mass is 35.5. The predicted octanol–water partition coefficient (Wildman–Crippen LogP) is 2.77. The van der Waals surface area contributed by atoms with Gasteiger partial charge in [0.25, 0.3) is 0 Å². The van der Waals surface area contributed by atoms with Crippen LogP contribution in [0.4, 0.5) is 0 Å². The van der Waals surface area contributed by atoms with Gasteiger partial charge in [-0.05, 0) is 31.6 Å². The molecule has 0 radical (unpaired) electrons. The van der Waals surface area contributed by atoms with Crippen LogP contribution in [0.1, 0.15) is 38.3 Å². The van der Waals surface area contributed by atoms with Gasteiger partial charge in [0.2, 0.25) is 5.91 Å². The molecule has 3 N–H and O–H groups in total. The van der Waals surface area contributed by atoms with Crippen LogP contribution in [0.25, 0.3) is 0 Å². The van der Waals surface area contributed by atoms with Crippen LogP contribution < -0.4 is 11.1 Å². The summed E-state index contributed by atoms with van der Waals surface area (Å²) in [5, 5.41) is 3.03. The zero-order chi connectivity index (χ0) is 14.8. The second-order valence-corrected chi connectivity index (χ2v) is 4.84. The second-order valence-electron chi connectivity index (χ2n) is 4.84. The molecule has 0 aliphatic rings. The van der Waals surface area contributed by atoms with E-state index in [4.69, 9.17) is 5.73 Å². The molecular formula is C16H29Cl2N3O. The van der Waals surface area contributed by atoms with Crippen LogP contribution in [0.5, 0.6) is 0 Å². The monoisotopic (exact) mass is 349 g/mol. The molecule has 0 saturated heterocycles. The van der Waals surface area contributed by atoms with Crippen LogP contribution in [-0.2, 0) is 4.79 Å². The summed E-state index contributed by atoms with van der Waals surface area (Å²) < 4.78 is 0. The molecule has 1 aromatic carbocycles. The van der Waals surface area contributed by atoms with Crippen molar-refractivity contribution in [1.29, 1.82) is 0 Å². The summed E-state index contributed by atoms with van der Waals surface area (Å²) in [4.78, 5) is 14.1. The van der Waals surface area contributed by atoms with Crippen LogP contribution in [0.2, 0.25) is 0 Å². The molecule has 0 aliphatic heterocycles. The Morgan fingerprint density at radius 1 is 1.18 bits per heavy atom. The molecule has 4 nitrogen and oxygen atoms in total. The lowest BCUT2D eigenvalue weighted by molar-refractivity contribution is -0.121. The Labute approximate surface area is 146 Å². The smallest absolute Gasteiger partial charge is 0.220 e. The molecule has 0 fully saturated rings. The van der Waals surface area contributed by atoms with Gasteiger partial charge in [-0.3, -0.25) is 9.69 Å². The van der Waals surface area contributed by atoms with Crippen LogP contribution in [0.3, 0.4) is 0 Å². The molecule has 0 heterocycles. The summed E-state index contributed by atoms with van der Waals surface area (Å²) in [6, 6.07) is 10.6. The van der Waals surface area contributed by atoms with Gasteiger partial charge in [0.15, 0.2) is 0 Å². The highest BCUT2D eigenvalue weighted by Gasteiger charge is 2.18. The van der Waals surface area contributed by atoms with Crippen molar-refractivity contribution in [3.8, 4) is 0 Å². The van der Waals surface area contributed by atoms with Crippen molar-refractivity contribution in [1.82, 2.24) is 10.2 Å². The molecule has 1 aromatic rings. The lowest BCUT2D eigenvalue weighted by Gasteiger charge is -2.30. The molecule has 128 valence electrons. The third-order valence-corrected chi connectivity index (χ3v) is 3.54. The van der Waals surface area contributed by atoms with Crippen LogP contribution in [0, 0.1) is 0 Å². The Morgan fingerprint density at radius 2 is 1.77 bits per heavy atom. The van der Waals surface area contributed by atoms with Crippen molar-refractivity contribution in [2.24, 2.45) is 5.73 Å². The van der Waals surface area contributed by atoms with Gasteiger partial charge in [-0.2, -0.15) is 0 Å². The molecule has 0 aromatic heterocycles. The summed E-state index contributed by atoms with van der Waals surface area (Å²) in [5.74, 6) is 0.0866. The van der Waals surface area contributed by atoms with E-state index in [9.17, 15) is 4.79 Å². The minimum Gasteiger partial charge on any atom is -0.354 e. The lowest BCUT2D eigenvalue weighted by Crippen LogP contribution is -2.38. The number of nitrogens with two attached hydrogens (primary N) is 1. The summed E-state index contributed by atoms with van der Waals surface area (Å²) in [6.07, 6.45) is 1.25. The third kappa shape index (κ3) is 7.99. The predicted molar refractivity (Wildman–Crippen MR) is 97.9 cm³/mol. The fourth-order valence-electron chi connectivity index (χ4n) is 2.36. The molecule has 1 unspecified atom stereocenters. The average molecular weight is 350 g/mol. The number of nitrogens with one attached hydrogen (secondary N) is 1. The van der Waals surface area contributed by atoms with E-state index >= 15 is 0 Å². The first-order chi connectivity index (χ1) is 9.72. The first kappa shape index (κ1) is 23.5. The van der Waals surface area contributed by atoms with Gasteiger partial charge in [0.05, 0.1) is 6.04 Å². The molecule has 1 atom stereocenters. The van der Waals surface area contributed by atoms with E-state index < -0.39 is 0 Å². The topological polar surface area (TPSA) is 58.4 Å². The Balaban J connectivity index is 0. The third-order valence-electron chi connectivity index (χ3n) is 3.54. The molecule has 6 heteroatoms. The standard InChI is InChI=1S/C16H27N3O.2ClH/c1-3-19(4-2)15(14-9-6-5-7-10-14)13-18-16(20)11-8-12-17;;/h5-7,9-10,15H,3-4,8,11-13,17H2,1-2H3,(H,18,20);2*1H. The van der Waals surface area contributed by atoms with Crippen molar-refractivity contribution in [3.05, 3.63) is 35.9 Å². The Bertz CT molecular complexity index is 386. The largest absolute Gasteiger partial charge is 0.354 e. The van der Waals surface area contributed by atoms with Crippen molar-refractivity contribution < 1.29 is 4.79 Å². The Morgan fingerprint density at radius 3 is 2.27 bits per heavy atom. The number of benzene rings is 1. The molecule has 0 aliphatic carbocycles. The van der Waals surface area contributed by atoms with E-state index in [1.54, 1.807) is 0 Å². The maximum absolute atomic E-state index is 11.8. The van der Waals surface area contributed by atoms with Gasteiger partial charge in [-0.1, -0.05) is 44.2 Å². The molecule has 22 heavy (non-hydrogen) atoms. The van der Waals surface area contributed by atoms with Gasteiger partial charge in [0, 0.05) is 13.0 Å². The maximum Gasteiger partial charge on any atom is 0.220 e. The van der Waals surface area contributed by atoms with Gasteiger partial charge in [0.1, 0.15) is 0 Å². The van der Waals surface area contributed by atoms with E-state index in [0.29, 0.717) is 19.5 Å². The lowest BCUT2D eigenvalue weighted by atomic mass is 10.0. The fraction of sp³-hybridized carbons (Fsp3) is 0.562. The number of rotatable bonds is 9. The quantitative estimate of drug-likeness (QED) is 0.720. The number of carbonyl (C=O) groups excluding carboxylic acids is 1. The normalized spacial score (nSPS) is 11.3. The van der Waals surface area contributed by atoms with Crippen molar-refractivity contribution in [2.75, 3.05) is 26.2 Å². The highest BCUT2D eigenvalue weighted by molar-refractivity contribution is 5.85. The van der Waals surface area contributed by atoms with Crippen molar-refractivity contribution >= 4 is 30.7 Å². The summed E-state index contributed by atoms with van der Waals surface area (Å²) >= 11 is 0. The molecule has 0 bridgehead atoms. The minimum absolute atomic E-state index is 0. The van der Waals surface area contributed by atoms with Crippen molar-refractivity contribution in [3.63, 3.8) is 0 Å². The summed E-state index contributed by atoms with van der Waals surface area (Å²) in [5.41, 5.74) is 6.67. The SMILES string of the molecule is CCN(CC)C(CNC(=O)CCCN)c1ccccc1.Cl.Cl. The molecular weight excluding hydrogens is 321 g/mol. The van der Waals surface area contributed by atoms with Gasteiger partial charge in [-0.15, -0.1) is 24.8 Å². The zero-order valence-electron chi connectivity index (χ0n) is 13.5. The summed E-state index contributed by atoms with van der Waals surface area (Å²) in [6.45, 7) is 7.44. The van der Waals surface area contributed by atoms with Gasteiger partial charge < -0.3 is 11.1 Å². The number of nitrogens with zero attached hydrogens (tertiary/aromatic N) is 1. The van der Waals surface area contributed by atoms with E-state index in [0.717, 1.165) is 19.5 Å². The number of hydrogen-bond acceptors (Lipinski definition) is 3. The van der Waals surface area contributed by atoms with Crippen LogP contribution in [0.15, 0.2) is 30.3 Å². The minimum atomic E-state index is 0. The number of halogens is 2. The van der Waals surface area contributed by atoms with Gasteiger partial charge in [-0.25, -0.2) is 0 Å². The molecule has 0 spiro atoms. The molecule has 1 rings (SSSR count). The fourth-order valence-corrected chi connectivity index (χ4v) is 2.36. The average Bonchev–Trinajstić information content (AvgIpc) is 2.50. The Hall–Kier alpha value is -0.810. The van der Waals surface area contributed by atoms with E-state index in [1.165, 1.54) is 5.56 Å². The number of amides is 1. The number of carbonyl (C=O) groups is 1. The van der Waals surface area contributed by atoms with E-state index in [2.05, 4.69) is 36.2 Å². The zero-order valence-corrected chi connectivity index (χ0v) is 15.1. The second kappa shape index (κ2) is 13.8. The van der Waals surface area contributed by atoms with Crippen molar-refractivity contribution in [2.45, 2.75) is 32.7 Å². The first-order valence-electron chi connectivity index (χ1n) is 7.48. The van der Waals surface area contributed by atoms with E-state index in [-0.39, 0.29) is 36.8 Å². The Kier molecular flexibility index (Phi) is 14.7. The number of likely N-dealkylation sites (N-methyl/N-ethyl adjacent to an activating group) is 1. The van der Waals surface area contributed by atoms with Crippen LogP contribution >= 0.6 is 24.8 Å². The van der Waals surface area contributed by atoms with E-state index in [1.807, 2.05) is 18.2 Å². The first-order valence-corrected chi connectivity index (χ1v) is 7.48. The summed E-state index contributed by atoms with van der Waals surface area (Å²) in [7, 11) is 0. The van der Waals surface area contributed by atoms with Crippen LogP contribution in [-0.4, -0.2) is 37.0 Å². The number of hydrogen-bond donors (Lipinski definition) is 2. The molecule has 1 amide bonds.